The monoisotopic (exact) mass is 395 g/mol. The number of carbonyl (C=O) groups is 1. The first-order chi connectivity index (χ1) is 14.7. The molecule has 3 aromatic carbocycles. The summed E-state index contributed by atoms with van der Waals surface area (Å²) in [5.41, 5.74) is 3.39. The molecule has 5 heteroatoms. The average molecular weight is 395 g/mol. The third-order valence-electron chi connectivity index (χ3n) is 4.71. The smallest absolute Gasteiger partial charge is 0.229 e. The molecule has 1 unspecified atom stereocenters. The molecule has 0 bridgehead atoms. The quantitative estimate of drug-likeness (QED) is 0.507. The van der Waals surface area contributed by atoms with E-state index in [1.807, 2.05) is 91.0 Å². The molecule has 0 saturated heterocycles. The number of anilines is 1. The van der Waals surface area contributed by atoms with Gasteiger partial charge < -0.3 is 10.4 Å². The highest BCUT2D eigenvalue weighted by atomic mass is 16.3. The fourth-order valence-electron chi connectivity index (χ4n) is 3.19. The first kappa shape index (κ1) is 19.5. The Balaban J connectivity index is 1.67. The van der Waals surface area contributed by atoms with Crippen molar-refractivity contribution in [1.29, 1.82) is 0 Å². The highest BCUT2D eigenvalue weighted by molar-refractivity contribution is 5.92. The number of aliphatic hydroxyl groups excluding tert-OH is 1. The molecule has 0 radical (unpaired) electrons. The van der Waals surface area contributed by atoms with Crippen molar-refractivity contribution in [3.8, 4) is 11.3 Å². The van der Waals surface area contributed by atoms with Crippen molar-refractivity contribution in [2.24, 2.45) is 0 Å². The lowest BCUT2D eigenvalue weighted by atomic mass is 10.1. The van der Waals surface area contributed by atoms with E-state index < -0.39 is 6.10 Å². The number of rotatable bonds is 6. The van der Waals surface area contributed by atoms with Gasteiger partial charge in [-0.05, 0) is 11.1 Å². The van der Waals surface area contributed by atoms with E-state index in [2.05, 4.69) is 15.3 Å². The Morgan fingerprint density at radius 2 is 1.47 bits per heavy atom. The minimum Gasteiger partial charge on any atom is -0.382 e. The van der Waals surface area contributed by atoms with E-state index >= 15 is 0 Å². The Morgan fingerprint density at radius 3 is 2.13 bits per heavy atom. The van der Waals surface area contributed by atoms with Gasteiger partial charge in [0.05, 0.1) is 18.3 Å². The Bertz CT molecular complexity index is 1120. The summed E-state index contributed by atoms with van der Waals surface area (Å²) in [6, 6.07) is 28.3. The van der Waals surface area contributed by atoms with E-state index in [-0.39, 0.29) is 18.1 Å². The van der Waals surface area contributed by atoms with Crippen molar-refractivity contribution in [1.82, 2.24) is 9.97 Å². The molecule has 30 heavy (non-hydrogen) atoms. The van der Waals surface area contributed by atoms with Crippen molar-refractivity contribution in [3.05, 3.63) is 114 Å². The number of hydrogen-bond acceptors (Lipinski definition) is 4. The molecule has 148 valence electrons. The van der Waals surface area contributed by atoms with Gasteiger partial charge in [0.2, 0.25) is 5.91 Å². The lowest BCUT2D eigenvalue weighted by Crippen LogP contribution is -2.19. The van der Waals surface area contributed by atoms with Crippen LogP contribution in [-0.4, -0.2) is 21.0 Å². The van der Waals surface area contributed by atoms with Crippen molar-refractivity contribution < 1.29 is 9.90 Å². The number of nitrogens with zero attached hydrogens (tertiary/aromatic N) is 2. The molecule has 0 aliphatic rings. The summed E-state index contributed by atoms with van der Waals surface area (Å²) in [5, 5.41) is 13.8. The van der Waals surface area contributed by atoms with Gasteiger partial charge in [0.1, 0.15) is 11.8 Å². The highest BCUT2D eigenvalue weighted by Crippen LogP contribution is 2.28. The Kier molecular flexibility index (Phi) is 5.92. The molecule has 0 spiro atoms. The number of nitrogens with one attached hydrogen (secondary N) is 1. The van der Waals surface area contributed by atoms with E-state index in [0.717, 1.165) is 11.1 Å². The maximum Gasteiger partial charge on any atom is 0.229 e. The summed E-state index contributed by atoms with van der Waals surface area (Å²) < 4.78 is 0. The van der Waals surface area contributed by atoms with E-state index in [4.69, 9.17) is 0 Å². The molecule has 1 aromatic heterocycles. The third-order valence-corrected chi connectivity index (χ3v) is 4.71. The molecule has 1 heterocycles. The Hall–Kier alpha value is -3.83. The second kappa shape index (κ2) is 9.11. The topological polar surface area (TPSA) is 75.1 Å². The molecule has 4 aromatic rings. The van der Waals surface area contributed by atoms with Gasteiger partial charge in [-0.15, -0.1) is 0 Å². The lowest BCUT2D eigenvalue weighted by molar-refractivity contribution is -0.115. The summed E-state index contributed by atoms with van der Waals surface area (Å²) in [6.45, 7) is 0. The maximum atomic E-state index is 12.6. The molecule has 5 nitrogen and oxygen atoms in total. The SMILES string of the molecule is O=C(Cc1ccccc1)Nc1ncc(-c2ccccc2)nc1C(O)c1ccccc1. The van der Waals surface area contributed by atoms with Gasteiger partial charge in [-0.2, -0.15) is 0 Å². The van der Waals surface area contributed by atoms with Crippen LogP contribution in [0.3, 0.4) is 0 Å². The molecule has 0 aliphatic carbocycles. The zero-order valence-electron chi connectivity index (χ0n) is 16.3. The lowest BCUT2D eigenvalue weighted by Gasteiger charge is -2.16. The van der Waals surface area contributed by atoms with Crippen molar-refractivity contribution >= 4 is 11.7 Å². The predicted octanol–water partition coefficient (Wildman–Crippen LogP) is 4.41. The number of carbonyl (C=O) groups excluding carboxylic acids is 1. The summed E-state index contributed by atoms with van der Waals surface area (Å²) in [7, 11) is 0. The summed E-state index contributed by atoms with van der Waals surface area (Å²) in [6.07, 6.45) is 0.799. The fraction of sp³-hybridized carbons (Fsp3) is 0.0800. The number of aromatic nitrogens is 2. The van der Waals surface area contributed by atoms with Crippen LogP contribution in [0.25, 0.3) is 11.3 Å². The first-order valence-corrected chi connectivity index (χ1v) is 9.70. The van der Waals surface area contributed by atoms with Crippen LogP contribution in [0.5, 0.6) is 0 Å². The number of hydrogen-bond donors (Lipinski definition) is 2. The predicted molar refractivity (Wildman–Crippen MR) is 117 cm³/mol. The van der Waals surface area contributed by atoms with Gasteiger partial charge in [0, 0.05) is 5.56 Å². The Labute approximate surface area is 175 Å². The normalized spacial score (nSPS) is 11.6. The van der Waals surface area contributed by atoms with Crippen LogP contribution in [0.4, 0.5) is 5.82 Å². The van der Waals surface area contributed by atoms with Crippen LogP contribution in [0, 0.1) is 0 Å². The molecule has 0 saturated carbocycles. The van der Waals surface area contributed by atoms with E-state index in [1.165, 1.54) is 0 Å². The van der Waals surface area contributed by atoms with Gasteiger partial charge in [-0.3, -0.25) is 4.79 Å². The molecule has 1 amide bonds. The van der Waals surface area contributed by atoms with Crippen LogP contribution in [0.1, 0.15) is 22.9 Å². The number of amides is 1. The van der Waals surface area contributed by atoms with E-state index in [1.54, 1.807) is 6.20 Å². The molecular formula is C25H21N3O2. The van der Waals surface area contributed by atoms with Crippen LogP contribution < -0.4 is 5.32 Å². The van der Waals surface area contributed by atoms with Gasteiger partial charge in [-0.25, -0.2) is 9.97 Å². The molecule has 4 rings (SSSR count). The summed E-state index contributed by atoms with van der Waals surface area (Å²) >= 11 is 0. The van der Waals surface area contributed by atoms with Gasteiger partial charge in [-0.1, -0.05) is 91.0 Å². The second-order valence-corrected chi connectivity index (χ2v) is 6.88. The molecule has 0 fully saturated rings. The third kappa shape index (κ3) is 4.59. The fourth-order valence-corrected chi connectivity index (χ4v) is 3.19. The summed E-state index contributed by atoms with van der Waals surface area (Å²) in [4.78, 5) is 21.7. The number of benzene rings is 3. The largest absolute Gasteiger partial charge is 0.382 e. The maximum absolute atomic E-state index is 12.6. The van der Waals surface area contributed by atoms with E-state index in [0.29, 0.717) is 17.0 Å². The molecular weight excluding hydrogens is 374 g/mol. The zero-order valence-corrected chi connectivity index (χ0v) is 16.3. The van der Waals surface area contributed by atoms with Crippen LogP contribution in [0.15, 0.2) is 97.2 Å². The Morgan fingerprint density at radius 1 is 0.867 bits per heavy atom. The van der Waals surface area contributed by atoms with Crippen molar-refractivity contribution in [2.75, 3.05) is 5.32 Å². The number of aliphatic hydroxyl groups is 1. The first-order valence-electron chi connectivity index (χ1n) is 9.70. The molecule has 2 N–H and O–H groups in total. The van der Waals surface area contributed by atoms with E-state index in [9.17, 15) is 9.90 Å². The standard InChI is InChI=1S/C25H21N3O2/c29-22(16-18-10-4-1-5-11-18)28-25-23(24(30)20-14-8-3-9-15-20)27-21(17-26-25)19-12-6-2-7-13-19/h1-15,17,24,30H,16H2,(H,26,28,29). The van der Waals surface area contributed by atoms with Crippen LogP contribution >= 0.6 is 0 Å². The van der Waals surface area contributed by atoms with Crippen LogP contribution in [-0.2, 0) is 11.2 Å². The molecule has 1 atom stereocenters. The zero-order chi connectivity index (χ0) is 20.8. The van der Waals surface area contributed by atoms with Crippen LogP contribution in [0.2, 0.25) is 0 Å². The second-order valence-electron chi connectivity index (χ2n) is 6.88. The van der Waals surface area contributed by atoms with Crippen molar-refractivity contribution in [2.45, 2.75) is 12.5 Å². The minimum atomic E-state index is -1.02. The summed E-state index contributed by atoms with van der Waals surface area (Å²) in [5.74, 6) is 0.0384. The minimum absolute atomic E-state index is 0.212. The highest BCUT2D eigenvalue weighted by Gasteiger charge is 2.20. The van der Waals surface area contributed by atoms with Gasteiger partial charge in [0.15, 0.2) is 5.82 Å². The van der Waals surface area contributed by atoms with Gasteiger partial charge in [0.25, 0.3) is 0 Å². The van der Waals surface area contributed by atoms with Crippen molar-refractivity contribution in [3.63, 3.8) is 0 Å². The molecule has 0 aliphatic heterocycles. The van der Waals surface area contributed by atoms with Gasteiger partial charge >= 0.3 is 0 Å². The average Bonchev–Trinajstić information content (AvgIpc) is 2.80.